The number of hydrogen-bond acceptors (Lipinski definition) is 5. The van der Waals surface area contributed by atoms with Gasteiger partial charge in [0.05, 0.1) is 29.2 Å². The third kappa shape index (κ3) is 6.08. The van der Waals surface area contributed by atoms with Crippen molar-refractivity contribution in [2.75, 3.05) is 24.6 Å². The van der Waals surface area contributed by atoms with Crippen molar-refractivity contribution in [2.45, 2.75) is 54.3 Å². The van der Waals surface area contributed by atoms with Gasteiger partial charge in [0, 0.05) is 30.1 Å². The molecule has 7 rings (SSSR count). The van der Waals surface area contributed by atoms with E-state index in [1.54, 1.807) is 38.6 Å². The second kappa shape index (κ2) is 14.2. The molecule has 2 unspecified atom stereocenters. The van der Waals surface area contributed by atoms with Crippen molar-refractivity contribution in [3.63, 3.8) is 0 Å². The van der Waals surface area contributed by atoms with Crippen molar-refractivity contribution >= 4 is 45.9 Å². The van der Waals surface area contributed by atoms with E-state index in [1.165, 1.54) is 0 Å². The van der Waals surface area contributed by atoms with Crippen molar-refractivity contribution in [1.82, 2.24) is 9.80 Å². The van der Waals surface area contributed by atoms with Gasteiger partial charge in [0.15, 0.2) is 0 Å². The molecule has 0 aromatic heterocycles. The number of amides is 3. The first-order valence-electron chi connectivity index (χ1n) is 17.8. The Morgan fingerprint density at radius 3 is 2.20 bits per heavy atom. The number of carbonyl (C=O) groups excluding carboxylic acids is 3. The van der Waals surface area contributed by atoms with Crippen LogP contribution in [0.2, 0.25) is 0 Å². The summed E-state index contributed by atoms with van der Waals surface area (Å²) in [7, 11) is 0. The van der Waals surface area contributed by atoms with Gasteiger partial charge in [-0.15, -0.1) is 24.9 Å². The van der Waals surface area contributed by atoms with E-state index in [2.05, 4.69) is 20.1 Å². The lowest BCUT2D eigenvalue weighted by Gasteiger charge is -2.39. The van der Waals surface area contributed by atoms with E-state index in [-0.39, 0.29) is 30.9 Å². The van der Waals surface area contributed by atoms with Crippen LogP contribution in [0.1, 0.15) is 30.9 Å². The summed E-state index contributed by atoms with van der Waals surface area (Å²) in [4.78, 5) is 50.6. The number of nitrogens with zero attached hydrogens (tertiary/aromatic N) is 3. The second-order valence-electron chi connectivity index (χ2n) is 14.3. The molecule has 0 aliphatic carbocycles. The Morgan fingerprint density at radius 1 is 0.882 bits per heavy atom. The van der Waals surface area contributed by atoms with Crippen molar-refractivity contribution in [2.24, 2.45) is 11.8 Å². The zero-order valence-corrected chi connectivity index (χ0v) is 29.9. The van der Waals surface area contributed by atoms with Gasteiger partial charge in [0.2, 0.25) is 11.8 Å². The summed E-state index contributed by atoms with van der Waals surface area (Å²) in [6.07, 6.45) is 5.13. The highest BCUT2D eigenvalue weighted by molar-refractivity contribution is 8.02. The lowest BCUT2D eigenvalue weighted by atomic mass is 9.66. The van der Waals surface area contributed by atoms with E-state index < -0.39 is 33.4 Å². The number of carbonyl (C=O) groups is 3. The molecule has 51 heavy (non-hydrogen) atoms. The van der Waals surface area contributed by atoms with Crippen molar-refractivity contribution in [3.8, 4) is 0 Å². The molecule has 3 saturated heterocycles. The molecule has 4 aromatic rings. The number of likely N-dealkylation sites (tertiary alicyclic amines) is 1. The van der Waals surface area contributed by atoms with Crippen LogP contribution in [0.15, 0.2) is 128 Å². The molecule has 4 aromatic carbocycles. The van der Waals surface area contributed by atoms with Crippen LogP contribution in [0, 0.1) is 11.8 Å². The number of anilines is 1. The fraction of sp³-hybridized carbons (Fsp3) is 0.326. The highest BCUT2D eigenvalue weighted by Gasteiger charge is 2.78. The Morgan fingerprint density at radius 2 is 1.53 bits per heavy atom. The predicted octanol–water partition coefficient (Wildman–Crippen LogP) is 6.66. The maximum atomic E-state index is 15.4. The van der Waals surface area contributed by atoms with Crippen LogP contribution in [0.3, 0.4) is 0 Å². The molecular formula is C43H45N3O4S. The fourth-order valence-corrected chi connectivity index (χ4v) is 11.2. The van der Waals surface area contributed by atoms with E-state index >= 15 is 9.59 Å². The number of benzene rings is 4. The van der Waals surface area contributed by atoms with Gasteiger partial charge in [-0.05, 0) is 60.2 Å². The third-order valence-corrected chi connectivity index (χ3v) is 13.1. The molecule has 3 heterocycles. The van der Waals surface area contributed by atoms with Crippen LogP contribution < -0.4 is 4.90 Å². The smallest absolute Gasteiger partial charge is 0.251 e. The molecule has 8 heteroatoms. The standard InChI is InChI=1S/C43H45N3O4S/c1-4-24-44(28-31-16-10-7-11-17-31)39(48)36-37-40(49)46(35(29-47)26-30-14-8-6-9-15-30)38(43(37)23-22-42(36,3)51-43)41(50)45(25-5-2)34-21-20-32-18-12-13-19-33(32)27-34/h4-21,27,35-38,47H,1-2,22-26,28-29H2,3H3/t35-,36-,37+,38?,42+,43?/m1/s1. The number of fused-ring (bicyclic) bond motifs is 2. The van der Waals surface area contributed by atoms with E-state index in [0.717, 1.165) is 21.9 Å². The van der Waals surface area contributed by atoms with Gasteiger partial charge in [-0.3, -0.25) is 14.4 Å². The number of hydrogen-bond donors (Lipinski definition) is 1. The van der Waals surface area contributed by atoms with Crippen LogP contribution in [0.5, 0.6) is 0 Å². The van der Waals surface area contributed by atoms with E-state index in [4.69, 9.17) is 0 Å². The monoisotopic (exact) mass is 699 g/mol. The lowest BCUT2D eigenvalue weighted by Crippen LogP contribution is -2.58. The summed E-state index contributed by atoms with van der Waals surface area (Å²) in [5.41, 5.74) is 2.67. The van der Waals surface area contributed by atoms with Gasteiger partial charge in [0.25, 0.3) is 5.91 Å². The molecule has 0 saturated carbocycles. The van der Waals surface area contributed by atoms with E-state index in [1.807, 2.05) is 103 Å². The van der Waals surface area contributed by atoms with Gasteiger partial charge in [-0.2, -0.15) is 0 Å². The summed E-state index contributed by atoms with van der Waals surface area (Å²) in [6.45, 7) is 10.7. The van der Waals surface area contributed by atoms with Gasteiger partial charge >= 0.3 is 0 Å². The topological polar surface area (TPSA) is 81.2 Å². The third-order valence-electron chi connectivity index (χ3n) is 11.1. The molecule has 0 radical (unpaired) electrons. The van der Waals surface area contributed by atoms with Crippen LogP contribution in [0.25, 0.3) is 10.8 Å². The van der Waals surface area contributed by atoms with Gasteiger partial charge in [0.1, 0.15) is 6.04 Å². The normalized spacial score (nSPS) is 25.4. The molecule has 1 N–H and O–H groups in total. The molecule has 7 nitrogen and oxygen atoms in total. The number of thioether (sulfide) groups is 1. The number of aliphatic hydroxyl groups excluding tert-OH is 1. The fourth-order valence-electron chi connectivity index (χ4n) is 8.88. The minimum absolute atomic E-state index is 0.0946. The highest BCUT2D eigenvalue weighted by atomic mass is 32.2. The predicted molar refractivity (Wildman–Crippen MR) is 205 cm³/mol. The SMILES string of the molecule is C=CCN(Cc1ccccc1)C(=O)[C@H]1[C@H]2C(=O)N([C@@H](CO)Cc3ccccc3)C(C(=O)N(CC=C)c3ccc4ccccc4c3)C23CC[C@]1(C)S3. The van der Waals surface area contributed by atoms with Gasteiger partial charge < -0.3 is 19.8 Å². The quantitative estimate of drug-likeness (QED) is 0.158. The minimum atomic E-state index is -0.895. The molecule has 6 atom stereocenters. The molecule has 3 fully saturated rings. The van der Waals surface area contributed by atoms with Crippen LogP contribution in [0.4, 0.5) is 5.69 Å². The zero-order valence-electron chi connectivity index (χ0n) is 29.1. The number of rotatable bonds is 13. The van der Waals surface area contributed by atoms with Crippen molar-refractivity contribution < 1.29 is 19.5 Å². The van der Waals surface area contributed by atoms with Crippen LogP contribution >= 0.6 is 11.8 Å². The molecule has 3 aliphatic heterocycles. The van der Waals surface area contributed by atoms with Crippen molar-refractivity contribution in [1.29, 1.82) is 0 Å². The summed E-state index contributed by atoms with van der Waals surface area (Å²) < 4.78 is -1.39. The molecule has 3 amide bonds. The molecule has 1 spiro atoms. The zero-order chi connectivity index (χ0) is 35.8. The largest absolute Gasteiger partial charge is 0.394 e. The summed E-state index contributed by atoms with van der Waals surface area (Å²) in [5.74, 6) is -1.91. The molecule has 262 valence electrons. The maximum Gasteiger partial charge on any atom is 0.251 e. The highest BCUT2D eigenvalue weighted by Crippen LogP contribution is 2.72. The summed E-state index contributed by atoms with van der Waals surface area (Å²) in [5, 5.41) is 13.1. The molecule has 2 bridgehead atoms. The summed E-state index contributed by atoms with van der Waals surface area (Å²) in [6, 6.07) is 32.0. The number of aliphatic hydroxyl groups is 1. The maximum absolute atomic E-state index is 15.4. The lowest BCUT2D eigenvalue weighted by molar-refractivity contribution is -0.146. The van der Waals surface area contributed by atoms with Crippen LogP contribution in [-0.2, 0) is 27.3 Å². The minimum Gasteiger partial charge on any atom is -0.394 e. The first-order chi connectivity index (χ1) is 24.7. The van der Waals surface area contributed by atoms with Crippen LogP contribution in [-0.4, -0.2) is 73.9 Å². The first-order valence-corrected chi connectivity index (χ1v) is 18.6. The Bertz CT molecular complexity index is 1950. The Labute approximate surface area is 304 Å². The molecular weight excluding hydrogens is 655 g/mol. The van der Waals surface area contributed by atoms with E-state index in [0.29, 0.717) is 38.0 Å². The average Bonchev–Trinajstić information content (AvgIpc) is 3.73. The first kappa shape index (κ1) is 34.8. The van der Waals surface area contributed by atoms with Crippen molar-refractivity contribution in [3.05, 3.63) is 140 Å². The summed E-state index contributed by atoms with van der Waals surface area (Å²) >= 11 is 1.65. The molecule has 3 aliphatic rings. The Kier molecular flexibility index (Phi) is 9.66. The van der Waals surface area contributed by atoms with Gasteiger partial charge in [-0.25, -0.2) is 0 Å². The average molecular weight is 700 g/mol. The second-order valence-corrected chi connectivity index (χ2v) is 16.2. The van der Waals surface area contributed by atoms with Gasteiger partial charge in [-0.1, -0.05) is 103 Å². The Balaban J connectivity index is 1.33. The van der Waals surface area contributed by atoms with E-state index in [9.17, 15) is 9.90 Å². The Hall–Kier alpha value is -4.66.